The van der Waals surface area contributed by atoms with Gasteiger partial charge in [0, 0.05) is 17.2 Å². The second-order valence-corrected chi connectivity index (χ2v) is 4.30. The molecule has 1 N–H and O–H groups in total. The largest absolute Gasteiger partial charge is 0.369 e. The fraction of sp³-hybridized carbons (Fsp3) is 0.444. The van der Waals surface area contributed by atoms with Crippen LogP contribution in [0.4, 0.5) is 10.2 Å². The molecule has 5 heteroatoms. The number of hydrogen-bond donors (Lipinski definition) is 1. The van der Waals surface area contributed by atoms with Crippen LogP contribution >= 0.6 is 27.5 Å². The third-order valence-electron chi connectivity index (χ3n) is 1.64. The number of nitrogens with one attached hydrogen (secondary N) is 1. The zero-order chi connectivity index (χ0) is 10.6. The monoisotopic (exact) mass is 280 g/mol. The van der Waals surface area contributed by atoms with E-state index in [-0.39, 0.29) is 0 Å². The van der Waals surface area contributed by atoms with Gasteiger partial charge in [-0.25, -0.2) is 9.37 Å². The molecule has 78 valence electrons. The summed E-state index contributed by atoms with van der Waals surface area (Å²) in [5.74, 6) is 0.593. The highest BCUT2D eigenvalue weighted by atomic mass is 79.9. The fourth-order valence-corrected chi connectivity index (χ4v) is 1.63. The first-order valence-electron chi connectivity index (χ1n) is 4.28. The van der Waals surface area contributed by atoms with Crippen molar-refractivity contribution in [3.8, 4) is 0 Å². The van der Waals surface area contributed by atoms with Crippen LogP contribution in [-0.4, -0.2) is 17.7 Å². The molecule has 0 saturated heterocycles. The summed E-state index contributed by atoms with van der Waals surface area (Å²) < 4.78 is 13.3. The van der Waals surface area contributed by atoms with Gasteiger partial charge in [-0.05, 0) is 35.3 Å². The SMILES string of the molecule is CC(F)CCNc1ncc(Br)cc1Cl. The van der Waals surface area contributed by atoms with Gasteiger partial charge in [0.15, 0.2) is 0 Å². The molecule has 0 fully saturated rings. The summed E-state index contributed by atoms with van der Waals surface area (Å²) in [6.45, 7) is 2.06. The van der Waals surface area contributed by atoms with Crippen LogP contribution in [0, 0.1) is 0 Å². The molecule has 0 bridgehead atoms. The minimum atomic E-state index is -0.809. The minimum absolute atomic E-state index is 0.452. The Labute approximate surface area is 96.0 Å². The minimum Gasteiger partial charge on any atom is -0.369 e. The maximum atomic E-state index is 12.5. The van der Waals surface area contributed by atoms with Crippen LogP contribution in [0.1, 0.15) is 13.3 Å². The number of rotatable bonds is 4. The van der Waals surface area contributed by atoms with E-state index in [4.69, 9.17) is 11.6 Å². The van der Waals surface area contributed by atoms with Crippen molar-refractivity contribution < 1.29 is 4.39 Å². The molecule has 1 rings (SSSR count). The smallest absolute Gasteiger partial charge is 0.144 e. The van der Waals surface area contributed by atoms with Gasteiger partial charge in [-0.1, -0.05) is 11.6 Å². The summed E-state index contributed by atoms with van der Waals surface area (Å²) in [7, 11) is 0. The van der Waals surface area contributed by atoms with Gasteiger partial charge in [0.2, 0.25) is 0 Å². The van der Waals surface area contributed by atoms with Crippen molar-refractivity contribution in [2.24, 2.45) is 0 Å². The molecule has 1 atom stereocenters. The van der Waals surface area contributed by atoms with Gasteiger partial charge in [0.05, 0.1) is 11.2 Å². The lowest BCUT2D eigenvalue weighted by Crippen LogP contribution is -2.08. The molecule has 0 saturated carbocycles. The highest BCUT2D eigenvalue weighted by Gasteiger charge is 2.03. The van der Waals surface area contributed by atoms with Crippen molar-refractivity contribution in [3.63, 3.8) is 0 Å². The topological polar surface area (TPSA) is 24.9 Å². The van der Waals surface area contributed by atoms with Crippen LogP contribution in [0.3, 0.4) is 0 Å². The molecule has 0 aliphatic carbocycles. The number of pyridine rings is 1. The Balaban J connectivity index is 2.51. The molecule has 0 radical (unpaired) electrons. The highest BCUT2D eigenvalue weighted by Crippen LogP contribution is 2.22. The van der Waals surface area contributed by atoms with Crippen molar-refractivity contribution >= 4 is 33.3 Å². The Bertz CT molecular complexity index is 307. The van der Waals surface area contributed by atoms with Crippen LogP contribution in [0.2, 0.25) is 5.02 Å². The molecular weight excluding hydrogens is 270 g/mol. The van der Waals surface area contributed by atoms with Gasteiger partial charge >= 0.3 is 0 Å². The molecule has 0 aliphatic rings. The average molecular weight is 282 g/mol. The molecule has 1 aromatic heterocycles. The second-order valence-electron chi connectivity index (χ2n) is 2.98. The quantitative estimate of drug-likeness (QED) is 0.911. The standard InChI is InChI=1S/C9H11BrClFN2/c1-6(12)2-3-13-9-8(11)4-7(10)5-14-9/h4-6H,2-3H2,1H3,(H,13,14). The Morgan fingerprint density at radius 2 is 2.43 bits per heavy atom. The summed E-state index contributed by atoms with van der Waals surface area (Å²) in [5, 5.41) is 3.50. The van der Waals surface area contributed by atoms with Crippen molar-refractivity contribution in [1.29, 1.82) is 0 Å². The van der Waals surface area contributed by atoms with Crippen LogP contribution in [0.25, 0.3) is 0 Å². The Hall–Kier alpha value is -0.350. The Kier molecular flexibility index (Phi) is 4.62. The first-order valence-corrected chi connectivity index (χ1v) is 5.45. The highest BCUT2D eigenvalue weighted by molar-refractivity contribution is 9.10. The molecule has 1 heterocycles. The molecule has 0 spiro atoms. The first kappa shape index (κ1) is 11.7. The van der Waals surface area contributed by atoms with Crippen LogP contribution in [-0.2, 0) is 0 Å². The second kappa shape index (κ2) is 5.51. The molecule has 0 aliphatic heterocycles. The normalized spacial score (nSPS) is 12.6. The van der Waals surface area contributed by atoms with Crippen LogP contribution in [0.5, 0.6) is 0 Å². The summed E-state index contributed by atoms with van der Waals surface area (Å²) >= 11 is 9.15. The van der Waals surface area contributed by atoms with Crippen molar-refractivity contribution in [1.82, 2.24) is 4.98 Å². The molecule has 1 unspecified atom stereocenters. The molecular formula is C9H11BrClFN2. The summed E-state index contributed by atoms with van der Waals surface area (Å²) in [4.78, 5) is 4.06. The number of hydrogen-bond acceptors (Lipinski definition) is 2. The van der Waals surface area contributed by atoms with Crippen molar-refractivity contribution in [3.05, 3.63) is 21.8 Å². The van der Waals surface area contributed by atoms with E-state index in [0.717, 1.165) is 4.47 Å². The zero-order valence-electron chi connectivity index (χ0n) is 7.73. The number of anilines is 1. The molecule has 14 heavy (non-hydrogen) atoms. The molecule has 1 aromatic rings. The van der Waals surface area contributed by atoms with Crippen molar-refractivity contribution in [2.75, 3.05) is 11.9 Å². The summed E-state index contributed by atoms with van der Waals surface area (Å²) in [5.41, 5.74) is 0. The zero-order valence-corrected chi connectivity index (χ0v) is 10.1. The van der Waals surface area contributed by atoms with Crippen LogP contribution in [0.15, 0.2) is 16.7 Å². The van der Waals surface area contributed by atoms with Crippen molar-refractivity contribution in [2.45, 2.75) is 19.5 Å². The predicted molar refractivity (Wildman–Crippen MR) is 60.6 cm³/mol. The van der Waals surface area contributed by atoms with Gasteiger partial charge < -0.3 is 5.32 Å². The van der Waals surface area contributed by atoms with Gasteiger partial charge in [-0.15, -0.1) is 0 Å². The fourth-order valence-electron chi connectivity index (χ4n) is 0.934. The lowest BCUT2D eigenvalue weighted by atomic mass is 10.3. The van der Waals surface area contributed by atoms with E-state index in [1.165, 1.54) is 6.92 Å². The molecule has 0 amide bonds. The van der Waals surface area contributed by atoms with Gasteiger partial charge in [0.25, 0.3) is 0 Å². The molecule has 2 nitrogen and oxygen atoms in total. The third-order valence-corrected chi connectivity index (χ3v) is 2.36. The Morgan fingerprint density at radius 3 is 3.00 bits per heavy atom. The third kappa shape index (κ3) is 3.80. The van der Waals surface area contributed by atoms with E-state index in [0.29, 0.717) is 23.8 Å². The van der Waals surface area contributed by atoms with E-state index in [2.05, 4.69) is 26.2 Å². The van der Waals surface area contributed by atoms with E-state index >= 15 is 0 Å². The number of aromatic nitrogens is 1. The lowest BCUT2D eigenvalue weighted by Gasteiger charge is -2.07. The van der Waals surface area contributed by atoms with E-state index in [9.17, 15) is 4.39 Å². The van der Waals surface area contributed by atoms with E-state index in [1.807, 2.05) is 0 Å². The maximum Gasteiger partial charge on any atom is 0.144 e. The average Bonchev–Trinajstić information content (AvgIpc) is 2.08. The van der Waals surface area contributed by atoms with Crippen LogP contribution < -0.4 is 5.32 Å². The molecule has 0 aromatic carbocycles. The Morgan fingerprint density at radius 1 is 1.71 bits per heavy atom. The van der Waals surface area contributed by atoms with Gasteiger partial charge in [-0.3, -0.25) is 0 Å². The predicted octanol–water partition coefficient (Wildman–Crippen LogP) is 3.66. The maximum absolute atomic E-state index is 12.5. The van der Waals surface area contributed by atoms with E-state index in [1.54, 1.807) is 12.3 Å². The lowest BCUT2D eigenvalue weighted by molar-refractivity contribution is 0.348. The summed E-state index contributed by atoms with van der Waals surface area (Å²) in [6.07, 6.45) is 1.29. The number of halogens is 3. The number of alkyl halides is 1. The summed E-state index contributed by atoms with van der Waals surface area (Å²) in [6, 6.07) is 1.75. The number of nitrogens with zero attached hydrogens (tertiary/aromatic N) is 1. The first-order chi connectivity index (χ1) is 6.59. The van der Waals surface area contributed by atoms with E-state index < -0.39 is 6.17 Å². The van der Waals surface area contributed by atoms with Gasteiger partial charge in [-0.2, -0.15) is 0 Å². The van der Waals surface area contributed by atoms with Gasteiger partial charge in [0.1, 0.15) is 5.82 Å².